The maximum Gasteiger partial charge on any atom is 0.271 e. The molecule has 0 unspecified atom stereocenters. The normalized spacial score (nSPS) is 15.7. The van der Waals surface area contributed by atoms with Crippen LogP contribution in [0.2, 0.25) is 0 Å². The Balaban J connectivity index is 1.74. The first kappa shape index (κ1) is 23.9. The number of hydrogen-bond donors (Lipinski definition) is 0. The van der Waals surface area contributed by atoms with Gasteiger partial charge in [-0.05, 0) is 82.7 Å². The molecule has 4 rings (SSSR count). The molecular formula is C27H23BrN2O3S. The molecule has 1 saturated heterocycles. The number of amides is 1. The minimum Gasteiger partial charge on any atom is -0.490 e. The lowest BCUT2D eigenvalue weighted by molar-refractivity contribution is -0.113. The molecule has 0 atom stereocenters. The Hall–Kier alpha value is -3.29. The third kappa shape index (κ3) is 5.43. The average Bonchev–Trinajstić information content (AvgIpc) is 3.14. The highest BCUT2D eigenvalue weighted by Gasteiger charge is 2.34. The van der Waals surface area contributed by atoms with E-state index in [-0.39, 0.29) is 5.91 Å². The predicted molar refractivity (Wildman–Crippen MR) is 144 cm³/mol. The van der Waals surface area contributed by atoms with Gasteiger partial charge in [0, 0.05) is 0 Å². The quantitative estimate of drug-likeness (QED) is 0.226. The molecule has 172 valence electrons. The van der Waals surface area contributed by atoms with E-state index in [2.05, 4.69) is 22.5 Å². The van der Waals surface area contributed by atoms with Crippen LogP contribution in [-0.2, 0) is 4.79 Å². The third-order valence-electron chi connectivity index (χ3n) is 4.78. The second-order valence-electron chi connectivity index (χ2n) is 7.18. The van der Waals surface area contributed by atoms with E-state index in [1.165, 1.54) is 11.8 Å². The molecule has 3 aromatic carbocycles. The van der Waals surface area contributed by atoms with Crippen molar-refractivity contribution in [3.8, 4) is 11.5 Å². The molecule has 5 nitrogen and oxygen atoms in total. The molecule has 34 heavy (non-hydrogen) atoms. The summed E-state index contributed by atoms with van der Waals surface area (Å²) in [6.45, 7) is 6.46. The maximum atomic E-state index is 13.5. The number of amidine groups is 1. The van der Waals surface area contributed by atoms with Crippen molar-refractivity contribution in [3.05, 3.63) is 100 Å². The Bertz CT molecular complexity index is 1240. The first-order valence-corrected chi connectivity index (χ1v) is 12.3. The summed E-state index contributed by atoms with van der Waals surface area (Å²) < 4.78 is 12.3. The molecule has 0 spiro atoms. The summed E-state index contributed by atoms with van der Waals surface area (Å²) in [7, 11) is 0. The number of halogens is 1. The Labute approximate surface area is 211 Å². The fourth-order valence-corrected chi connectivity index (χ4v) is 4.91. The summed E-state index contributed by atoms with van der Waals surface area (Å²) in [6.07, 6.45) is 3.53. The highest BCUT2D eigenvalue weighted by atomic mass is 79.9. The fraction of sp³-hybridized carbons (Fsp3) is 0.111. The molecule has 0 N–H and O–H groups in total. The average molecular weight is 535 g/mol. The minimum atomic E-state index is -0.132. The van der Waals surface area contributed by atoms with E-state index in [0.717, 1.165) is 21.4 Å². The molecule has 0 saturated carbocycles. The number of nitrogens with zero attached hydrogens (tertiary/aromatic N) is 2. The van der Waals surface area contributed by atoms with E-state index in [1.807, 2.05) is 85.8 Å². The topological polar surface area (TPSA) is 51.1 Å². The van der Waals surface area contributed by atoms with Crippen LogP contribution in [0.3, 0.4) is 0 Å². The van der Waals surface area contributed by atoms with Crippen molar-refractivity contribution in [2.45, 2.75) is 6.92 Å². The van der Waals surface area contributed by atoms with Crippen LogP contribution >= 0.6 is 27.7 Å². The fourth-order valence-electron chi connectivity index (χ4n) is 3.33. The third-order valence-corrected chi connectivity index (χ3v) is 6.33. The van der Waals surface area contributed by atoms with Gasteiger partial charge in [-0.1, -0.05) is 49.1 Å². The van der Waals surface area contributed by atoms with Crippen molar-refractivity contribution >= 4 is 56.2 Å². The number of hydrogen-bond acceptors (Lipinski definition) is 5. The van der Waals surface area contributed by atoms with Crippen molar-refractivity contribution in [1.29, 1.82) is 0 Å². The molecule has 0 aliphatic carbocycles. The number of anilines is 1. The monoisotopic (exact) mass is 534 g/mol. The molecule has 1 aliphatic rings. The van der Waals surface area contributed by atoms with Crippen LogP contribution in [0.1, 0.15) is 12.5 Å². The molecule has 1 aliphatic heterocycles. The maximum absolute atomic E-state index is 13.5. The highest BCUT2D eigenvalue weighted by molar-refractivity contribution is 9.10. The summed E-state index contributed by atoms with van der Waals surface area (Å²) in [5.74, 6) is 1.07. The zero-order chi connectivity index (χ0) is 23.9. The number of thioether (sulfide) groups is 1. The van der Waals surface area contributed by atoms with Gasteiger partial charge in [-0.15, -0.1) is 0 Å². The summed E-state index contributed by atoms with van der Waals surface area (Å²) >= 11 is 4.91. The minimum absolute atomic E-state index is 0.132. The number of carbonyl (C=O) groups excluding carboxylic acids is 1. The Kier molecular flexibility index (Phi) is 7.87. The van der Waals surface area contributed by atoms with Crippen LogP contribution in [0, 0.1) is 0 Å². The van der Waals surface area contributed by atoms with Gasteiger partial charge in [-0.25, -0.2) is 4.99 Å². The number of carbonyl (C=O) groups is 1. The Morgan fingerprint density at radius 3 is 2.44 bits per heavy atom. The van der Waals surface area contributed by atoms with Crippen LogP contribution in [0.25, 0.3) is 6.08 Å². The lowest BCUT2D eigenvalue weighted by atomic mass is 10.1. The van der Waals surface area contributed by atoms with Gasteiger partial charge < -0.3 is 9.47 Å². The molecule has 7 heteroatoms. The first-order valence-electron chi connectivity index (χ1n) is 10.7. The summed E-state index contributed by atoms with van der Waals surface area (Å²) in [5.41, 5.74) is 2.36. The number of rotatable bonds is 8. The van der Waals surface area contributed by atoms with Gasteiger partial charge in [0.15, 0.2) is 16.7 Å². The lowest BCUT2D eigenvalue weighted by Gasteiger charge is -2.15. The van der Waals surface area contributed by atoms with Gasteiger partial charge in [0.1, 0.15) is 6.61 Å². The van der Waals surface area contributed by atoms with Gasteiger partial charge in [0.2, 0.25) is 0 Å². The van der Waals surface area contributed by atoms with Crippen LogP contribution in [0.4, 0.5) is 11.4 Å². The lowest BCUT2D eigenvalue weighted by Crippen LogP contribution is -2.28. The van der Waals surface area contributed by atoms with E-state index in [1.54, 1.807) is 11.0 Å². The molecule has 1 fully saturated rings. The van der Waals surface area contributed by atoms with Gasteiger partial charge in [-0.3, -0.25) is 9.69 Å². The molecule has 0 bridgehead atoms. The number of benzene rings is 3. The molecular weight excluding hydrogens is 512 g/mol. The van der Waals surface area contributed by atoms with Crippen LogP contribution < -0.4 is 14.4 Å². The standard InChI is InChI=1S/C27H23BrN2O3S/c1-3-15-33-25-22(28)16-19(17-23(25)32-4-2)18-24-26(31)30(21-13-9-6-10-14-21)27(34-24)29-20-11-7-5-8-12-20/h3,5-14,16-18H,1,4,15H2,2H3/b24-18-,29-27?. The van der Waals surface area contributed by atoms with Crippen molar-refractivity contribution in [2.75, 3.05) is 18.1 Å². The van der Waals surface area contributed by atoms with Crippen LogP contribution in [0.15, 0.2) is 99.8 Å². The summed E-state index contributed by atoms with van der Waals surface area (Å²) in [4.78, 5) is 20.4. The van der Waals surface area contributed by atoms with Crippen LogP contribution in [-0.4, -0.2) is 24.3 Å². The SMILES string of the molecule is C=CCOc1c(Br)cc(/C=C2\SC(=Nc3ccccc3)N(c3ccccc3)C2=O)cc1OCC. The molecule has 1 amide bonds. The zero-order valence-corrected chi connectivity index (χ0v) is 21.0. The number of para-hydroxylation sites is 2. The van der Waals surface area contributed by atoms with E-state index in [4.69, 9.17) is 14.5 Å². The number of aliphatic imine (C=N–C) groups is 1. The largest absolute Gasteiger partial charge is 0.490 e. The van der Waals surface area contributed by atoms with E-state index < -0.39 is 0 Å². The van der Waals surface area contributed by atoms with Crippen LogP contribution in [0.5, 0.6) is 11.5 Å². The smallest absolute Gasteiger partial charge is 0.271 e. The summed E-state index contributed by atoms with van der Waals surface area (Å²) in [6, 6.07) is 22.9. The van der Waals surface area contributed by atoms with Gasteiger partial charge in [0.05, 0.1) is 27.4 Å². The Morgan fingerprint density at radius 2 is 1.76 bits per heavy atom. The second-order valence-corrected chi connectivity index (χ2v) is 9.04. The van der Waals surface area contributed by atoms with E-state index in [0.29, 0.717) is 34.8 Å². The van der Waals surface area contributed by atoms with Crippen molar-refractivity contribution in [2.24, 2.45) is 4.99 Å². The van der Waals surface area contributed by atoms with E-state index in [9.17, 15) is 4.79 Å². The highest BCUT2D eigenvalue weighted by Crippen LogP contribution is 2.40. The molecule has 0 aromatic heterocycles. The second kappa shape index (κ2) is 11.2. The Morgan fingerprint density at radius 1 is 1.06 bits per heavy atom. The van der Waals surface area contributed by atoms with Crippen molar-refractivity contribution in [1.82, 2.24) is 0 Å². The van der Waals surface area contributed by atoms with E-state index >= 15 is 0 Å². The van der Waals surface area contributed by atoms with Gasteiger partial charge in [-0.2, -0.15) is 0 Å². The van der Waals surface area contributed by atoms with Gasteiger partial charge >= 0.3 is 0 Å². The molecule has 3 aromatic rings. The number of ether oxygens (including phenoxy) is 2. The van der Waals surface area contributed by atoms with Crippen molar-refractivity contribution in [3.63, 3.8) is 0 Å². The predicted octanol–water partition coefficient (Wildman–Crippen LogP) is 7.22. The first-order chi connectivity index (χ1) is 16.6. The van der Waals surface area contributed by atoms with Gasteiger partial charge in [0.25, 0.3) is 5.91 Å². The van der Waals surface area contributed by atoms with Crippen molar-refractivity contribution < 1.29 is 14.3 Å². The molecule has 0 radical (unpaired) electrons. The molecule has 1 heterocycles. The zero-order valence-electron chi connectivity index (χ0n) is 18.6. The summed E-state index contributed by atoms with van der Waals surface area (Å²) in [5, 5.41) is 0.601.